The number of nitrogens with zero attached hydrogens (tertiary/aromatic N) is 2. The van der Waals surface area contributed by atoms with Crippen LogP contribution in [0.4, 0.5) is 0 Å². The van der Waals surface area contributed by atoms with E-state index in [0.29, 0.717) is 38.7 Å². The van der Waals surface area contributed by atoms with Crippen LogP contribution in [0.25, 0.3) is 6.08 Å². The molecule has 2 aromatic carbocycles. The van der Waals surface area contributed by atoms with Crippen molar-refractivity contribution in [2.24, 2.45) is 4.99 Å². The van der Waals surface area contributed by atoms with Crippen molar-refractivity contribution < 1.29 is 19.4 Å². The van der Waals surface area contributed by atoms with Crippen molar-refractivity contribution in [1.29, 1.82) is 0 Å². The van der Waals surface area contributed by atoms with Crippen molar-refractivity contribution in [3.63, 3.8) is 0 Å². The van der Waals surface area contributed by atoms with Crippen molar-refractivity contribution in [2.75, 3.05) is 13.2 Å². The van der Waals surface area contributed by atoms with Crippen LogP contribution in [0.1, 0.15) is 63.3 Å². The summed E-state index contributed by atoms with van der Waals surface area (Å²) in [5.74, 6) is -0.0709. The van der Waals surface area contributed by atoms with Gasteiger partial charge in [0.1, 0.15) is 0 Å². The quantitative estimate of drug-likeness (QED) is 0.439. The number of hydrogen-bond acceptors (Lipinski definition) is 7. The first kappa shape index (κ1) is 26.7. The zero-order valence-corrected chi connectivity index (χ0v) is 22.9. The number of aromatic nitrogens is 1. The van der Waals surface area contributed by atoms with Crippen LogP contribution in [0.5, 0.6) is 11.5 Å². The van der Waals surface area contributed by atoms with Gasteiger partial charge < -0.3 is 14.6 Å². The van der Waals surface area contributed by atoms with Crippen LogP contribution in [-0.4, -0.2) is 28.9 Å². The van der Waals surface area contributed by atoms with Crippen LogP contribution in [0.15, 0.2) is 57.5 Å². The lowest BCUT2D eigenvalue weighted by Crippen LogP contribution is -2.39. The minimum Gasteiger partial charge on any atom is -0.503 e. The van der Waals surface area contributed by atoms with Gasteiger partial charge in [0.05, 0.1) is 40.1 Å². The van der Waals surface area contributed by atoms with Gasteiger partial charge in [-0.25, -0.2) is 9.79 Å². The van der Waals surface area contributed by atoms with Crippen molar-refractivity contribution in [3.8, 4) is 11.5 Å². The molecule has 0 radical (unpaired) electrons. The smallest absolute Gasteiger partial charge is 0.338 e. The summed E-state index contributed by atoms with van der Waals surface area (Å²) in [6, 6.07) is 10.4. The summed E-state index contributed by atoms with van der Waals surface area (Å²) in [7, 11) is 0. The number of rotatable bonds is 7. The highest BCUT2D eigenvalue weighted by Crippen LogP contribution is 2.35. The summed E-state index contributed by atoms with van der Waals surface area (Å²) < 4.78 is 12.8. The van der Waals surface area contributed by atoms with Crippen LogP contribution < -0.4 is 19.6 Å². The van der Waals surface area contributed by atoms with Gasteiger partial charge in [-0.15, -0.1) is 0 Å². The summed E-state index contributed by atoms with van der Waals surface area (Å²) in [6.45, 7) is 10.1. The molecule has 4 rings (SSSR count). The number of benzene rings is 2. The Morgan fingerprint density at radius 2 is 1.92 bits per heavy atom. The predicted molar refractivity (Wildman–Crippen MR) is 145 cm³/mol. The Bertz CT molecular complexity index is 1550. The summed E-state index contributed by atoms with van der Waals surface area (Å²) >= 11 is 7.42. The topological polar surface area (TPSA) is 90.1 Å². The van der Waals surface area contributed by atoms with Gasteiger partial charge in [-0.1, -0.05) is 61.1 Å². The molecule has 3 aromatic rings. The van der Waals surface area contributed by atoms with Crippen LogP contribution >= 0.6 is 22.9 Å². The van der Waals surface area contributed by atoms with E-state index in [2.05, 4.69) is 18.8 Å². The summed E-state index contributed by atoms with van der Waals surface area (Å²) in [5.41, 5.74) is 3.10. The molecule has 0 saturated carbocycles. The Labute approximate surface area is 224 Å². The van der Waals surface area contributed by atoms with E-state index >= 15 is 0 Å². The van der Waals surface area contributed by atoms with Crippen molar-refractivity contribution >= 4 is 35.0 Å². The second-order valence-corrected chi connectivity index (χ2v) is 10.3. The number of carbonyl (C=O) groups is 1. The number of phenols is 1. The predicted octanol–water partition coefficient (Wildman–Crippen LogP) is 4.68. The van der Waals surface area contributed by atoms with E-state index in [0.717, 1.165) is 11.1 Å². The molecule has 1 unspecified atom stereocenters. The third-order valence-electron chi connectivity index (χ3n) is 6.08. The van der Waals surface area contributed by atoms with Gasteiger partial charge in [0, 0.05) is 0 Å². The van der Waals surface area contributed by atoms with Gasteiger partial charge in [0.15, 0.2) is 16.3 Å². The molecule has 0 fully saturated rings. The van der Waals surface area contributed by atoms with Crippen LogP contribution in [-0.2, 0) is 9.53 Å². The van der Waals surface area contributed by atoms with Crippen LogP contribution in [0.3, 0.4) is 0 Å². The molecule has 0 aliphatic carbocycles. The molecule has 1 aliphatic rings. The van der Waals surface area contributed by atoms with E-state index in [1.54, 1.807) is 43.5 Å². The highest BCUT2D eigenvalue weighted by Gasteiger charge is 2.33. The average molecular weight is 541 g/mol. The number of aromatic hydroxyl groups is 1. The number of phenolic OH excluding ortho intramolecular Hbond substituents is 1. The number of hydrogen-bond donors (Lipinski definition) is 1. The fraction of sp³-hybridized carbons (Fsp3) is 0.321. The zero-order valence-electron chi connectivity index (χ0n) is 21.4. The van der Waals surface area contributed by atoms with Gasteiger partial charge >= 0.3 is 5.97 Å². The first-order valence-corrected chi connectivity index (χ1v) is 13.3. The van der Waals surface area contributed by atoms with E-state index in [9.17, 15) is 14.7 Å². The largest absolute Gasteiger partial charge is 0.503 e. The maximum absolute atomic E-state index is 13.8. The molecule has 9 heteroatoms. The first-order valence-electron chi connectivity index (χ1n) is 12.1. The summed E-state index contributed by atoms with van der Waals surface area (Å²) in [4.78, 5) is 31.9. The normalized spacial score (nSPS) is 15.5. The van der Waals surface area contributed by atoms with Gasteiger partial charge in [0.2, 0.25) is 0 Å². The number of halogens is 1. The molecule has 0 amide bonds. The molecule has 0 bridgehead atoms. The monoisotopic (exact) mass is 540 g/mol. The Hall–Kier alpha value is -3.36. The molecule has 0 spiro atoms. The van der Waals surface area contributed by atoms with E-state index in [1.165, 1.54) is 11.3 Å². The first-order chi connectivity index (χ1) is 17.7. The molecule has 0 saturated heterocycles. The second kappa shape index (κ2) is 10.9. The van der Waals surface area contributed by atoms with E-state index in [-0.39, 0.29) is 28.7 Å². The van der Waals surface area contributed by atoms with Crippen LogP contribution in [0, 0.1) is 0 Å². The summed E-state index contributed by atoms with van der Waals surface area (Å²) in [6.07, 6.45) is 1.68. The molecular weight excluding hydrogens is 512 g/mol. The number of ether oxygens (including phenoxy) is 2. The minimum atomic E-state index is -0.680. The van der Waals surface area contributed by atoms with E-state index in [4.69, 9.17) is 21.1 Å². The third-order valence-corrected chi connectivity index (χ3v) is 7.36. The molecule has 1 aromatic heterocycles. The van der Waals surface area contributed by atoms with Crippen molar-refractivity contribution in [1.82, 2.24) is 4.57 Å². The van der Waals surface area contributed by atoms with E-state index in [1.807, 2.05) is 24.3 Å². The number of thiazole rings is 1. The van der Waals surface area contributed by atoms with Gasteiger partial charge in [-0.3, -0.25) is 9.36 Å². The number of allylic oxidation sites excluding steroid dienone is 1. The number of carbonyl (C=O) groups excluding carboxylic acids is 1. The highest BCUT2D eigenvalue weighted by molar-refractivity contribution is 7.07. The van der Waals surface area contributed by atoms with Crippen LogP contribution in [0.2, 0.25) is 5.02 Å². The molecular formula is C28H29ClN2O5S. The molecule has 1 aliphatic heterocycles. The average Bonchev–Trinajstić information content (AvgIpc) is 3.15. The summed E-state index contributed by atoms with van der Waals surface area (Å²) in [5, 5.41) is 10.3. The Balaban J connectivity index is 1.92. The second-order valence-electron chi connectivity index (χ2n) is 8.91. The lowest BCUT2D eigenvalue weighted by Gasteiger charge is -2.25. The minimum absolute atomic E-state index is 0.119. The lowest BCUT2D eigenvalue weighted by molar-refractivity contribution is -0.139. The van der Waals surface area contributed by atoms with Gasteiger partial charge in [0.25, 0.3) is 5.56 Å². The van der Waals surface area contributed by atoms with Gasteiger partial charge in [-0.2, -0.15) is 0 Å². The molecule has 1 N–H and O–H groups in total. The fourth-order valence-corrected chi connectivity index (χ4v) is 5.53. The van der Waals surface area contributed by atoms with Crippen molar-refractivity contribution in [2.45, 2.75) is 46.6 Å². The van der Waals surface area contributed by atoms with E-state index < -0.39 is 12.0 Å². The molecule has 1 atom stereocenters. The fourth-order valence-electron chi connectivity index (χ4n) is 4.26. The lowest BCUT2D eigenvalue weighted by atomic mass is 9.93. The Morgan fingerprint density at radius 3 is 2.54 bits per heavy atom. The third kappa shape index (κ3) is 5.22. The number of esters is 1. The molecule has 2 heterocycles. The standard InChI is InChI=1S/C28H29ClN2O5S/c1-6-35-21-13-17(12-20(29)25(21)32)14-22-26(33)31-24(19-10-8-18(9-11-19)15(3)4)23(27(34)36-7-2)16(5)30-28(31)37-22/h8-15,24,32H,6-7H2,1-5H3. The maximum atomic E-state index is 13.8. The highest BCUT2D eigenvalue weighted by atomic mass is 35.5. The maximum Gasteiger partial charge on any atom is 0.338 e. The molecule has 7 nitrogen and oxygen atoms in total. The SMILES string of the molecule is CCOC(=O)C1=C(C)N=c2sc(=Cc3cc(Cl)c(O)c(OCC)c3)c(=O)n2C1c1ccc(C(C)C)cc1. The molecule has 194 valence electrons. The van der Waals surface area contributed by atoms with Crippen molar-refractivity contribution in [3.05, 3.63) is 89.1 Å². The Kier molecular flexibility index (Phi) is 7.90. The molecule has 37 heavy (non-hydrogen) atoms. The Morgan fingerprint density at radius 1 is 1.22 bits per heavy atom. The zero-order chi connectivity index (χ0) is 26.9. The number of fused-ring (bicyclic) bond motifs is 1. The van der Waals surface area contributed by atoms with Gasteiger partial charge in [-0.05, 0) is 61.6 Å².